The highest BCUT2D eigenvalue weighted by atomic mass is 35.5. The zero-order valence-corrected chi connectivity index (χ0v) is 8.63. The molecule has 1 N–H and O–H groups in total. The van der Waals surface area contributed by atoms with Gasteiger partial charge in [0.1, 0.15) is 16.6 Å². The van der Waals surface area contributed by atoms with Crippen LogP contribution in [0.3, 0.4) is 0 Å². The lowest BCUT2D eigenvalue weighted by Gasteiger charge is -2.08. The summed E-state index contributed by atoms with van der Waals surface area (Å²) in [5.41, 5.74) is 0.504. The van der Waals surface area contributed by atoms with Crippen LogP contribution in [0.1, 0.15) is 0 Å². The summed E-state index contributed by atoms with van der Waals surface area (Å²) >= 11 is 11.9. The molecule has 2 rings (SSSR count). The standard InChI is InChI=1S/C10H7Cl2NO/c11-7-3-1-4-8(14)10(7)13-6-2-5-9(13)12/h1-6,14H. The number of nitrogens with zero attached hydrogens (tertiary/aromatic N) is 1. The monoisotopic (exact) mass is 227 g/mol. The van der Waals surface area contributed by atoms with Gasteiger partial charge in [-0.1, -0.05) is 29.3 Å². The highest BCUT2D eigenvalue weighted by Crippen LogP contribution is 2.31. The van der Waals surface area contributed by atoms with Crippen molar-refractivity contribution >= 4 is 23.2 Å². The molecule has 0 spiro atoms. The number of hydrogen-bond donors (Lipinski definition) is 1. The molecular weight excluding hydrogens is 221 g/mol. The molecule has 2 aromatic rings. The van der Waals surface area contributed by atoms with Crippen molar-refractivity contribution in [3.63, 3.8) is 0 Å². The van der Waals surface area contributed by atoms with E-state index in [1.54, 1.807) is 41.1 Å². The fraction of sp³-hybridized carbons (Fsp3) is 0. The van der Waals surface area contributed by atoms with Crippen molar-refractivity contribution in [2.45, 2.75) is 0 Å². The number of hydrogen-bond acceptors (Lipinski definition) is 1. The Morgan fingerprint density at radius 2 is 1.86 bits per heavy atom. The lowest BCUT2D eigenvalue weighted by molar-refractivity contribution is 0.472. The first-order valence-corrected chi connectivity index (χ1v) is 4.76. The SMILES string of the molecule is Oc1cccc(Cl)c1-n1cccc1Cl. The van der Waals surface area contributed by atoms with Gasteiger partial charge in [-0.05, 0) is 24.3 Å². The smallest absolute Gasteiger partial charge is 0.141 e. The van der Waals surface area contributed by atoms with E-state index in [-0.39, 0.29) is 5.75 Å². The second-order valence-electron chi connectivity index (χ2n) is 2.81. The molecular formula is C10H7Cl2NO. The van der Waals surface area contributed by atoms with Gasteiger partial charge < -0.3 is 9.67 Å². The highest BCUT2D eigenvalue weighted by molar-refractivity contribution is 6.33. The molecule has 0 bridgehead atoms. The second-order valence-corrected chi connectivity index (χ2v) is 3.60. The molecule has 0 radical (unpaired) electrons. The van der Waals surface area contributed by atoms with Crippen molar-refractivity contribution in [2.24, 2.45) is 0 Å². The summed E-state index contributed by atoms with van der Waals surface area (Å²) in [6.07, 6.45) is 1.74. The predicted molar refractivity (Wildman–Crippen MR) is 57.5 cm³/mol. The van der Waals surface area contributed by atoms with Gasteiger partial charge in [-0.15, -0.1) is 0 Å². The van der Waals surface area contributed by atoms with Crippen molar-refractivity contribution in [3.8, 4) is 11.4 Å². The number of benzene rings is 1. The third kappa shape index (κ3) is 1.47. The van der Waals surface area contributed by atoms with Crippen LogP contribution < -0.4 is 0 Å². The Hall–Kier alpha value is -1.12. The lowest BCUT2D eigenvalue weighted by atomic mass is 10.3. The van der Waals surface area contributed by atoms with E-state index in [0.717, 1.165) is 0 Å². The molecule has 0 saturated carbocycles. The van der Waals surface area contributed by atoms with Gasteiger partial charge in [-0.2, -0.15) is 0 Å². The number of halogens is 2. The van der Waals surface area contributed by atoms with Gasteiger partial charge in [-0.25, -0.2) is 0 Å². The van der Waals surface area contributed by atoms with Crippen molar-refractivity contribution in [1.82, 2.24) is 4.57 Å². The zero-order chi connectivity index (χ0) is 10.1. The normalized spacial score (nSPS) is 10.4. The number of phenols is 1. The Labute approximate surface area is 91.3 Å². The maximum absolute atomic E-state index is 9.62. The molecule has 0 fully saturated rings. The Bertz CT molecular complexity index is 445. The average molecular weight is 228 g/mol. The van der Waals surface area contributed by atoms with E-state index < -0.39 is 0 Å². The van der Waals surface area contributed by atoms with Crippen LogP contribution in [0.25, 0.3) is 5.69 Å². The largest absolute Gasteiger partial charge is 0.506 e. The van der Waals surface area contributed by atoms with Crippen molar-refractivity contribution in [1.29, 1.82) is 0 Å². The maximum atomic E-state index is 9.62. The molecule has 1 aromatic heterocycles. The average Bonchev–Trinajstić information content (AvgIpc) is 2.52. The zero-order valence-electron chi connectivity index (χ0n) is 7.11. The quantitative estimate of drug-likeness (QED) is 0.793. The molecule has 0 amide bonds. The topological polar surface area (TPSA) is 25.2 Å². The van der Waals surface area contributed by atoms with E-state index in [1.165, 1.54) is 0 Å². The second kappa shape index (κ2) is 3.56. The number of phenolic OH excluding ortho intramolecular Hbond substituents is 1. The molecule has 0 aliphatic carbocycles. The third-order valence-corrected chi connectivity index (χ3v) is 2.52. The Morgan fingerprint density at radius 3 is 2.43 bits per heavy atom. The van der Waals surface area contributed by atoms with E-state index in [0.29, 0.717) is 15.9 Å². The molecule has 4 heteroatoms. The van der Waals surface area contributed by atoms with Gasteiger partial charge in [0.15, 0.2) is 0 Å². The number of aromatic hydroxyl groups is 1. The molecule has 2 nitrogen and oxygen atoms in total. The molecule has 0 atom stereocenters. The van der Waals surface area contributed by atoms with E-state index >= 15 is 0 Å². The fourth-order valence-corrected chi connectivity index (χ4v) is 1.76. The van der Waals surface area contributed by atoms with E-state index in [2.05, 4.69) is 0 Å². The van der Waals surface area contributed by atoms with Crippen LogP contribution >= 0.6 is 23.2 Å². The van der Waals surface area contributed by atoms with Gasteiger partial charge in [0.25, 0.3) is 0 Å². The van der Waals surface area contributed by atoms with Gasteiger partial charge in [0.2, 0.25) is 0 Å². The molecule has 0 saturated heterocycles. The third-order valence-electron chi connectivity index (χ3n) is 1.91. The summed E-state index contributed by atoms with van der Waals surface area (Å²) in [7, 11) is 0. The minimum Gasteiger partial charge on any atom is -0.506 e. The summed E-state index contributed by atoms with van der Waals surface area (Å²) in [6.45, 7) is 0. The number of para-hydroxylation sites is 1. The maximum Gasteiger partial charge on any atom is 0.141 e. The first-order chi connectivity index (χ1) is 6.70. The van der Waals surface area contributed by atoms with Gasteiger partial charge in [0.05, 0.1) is 5.02 Å². The van der Waals surface area contributed by atoms with E-state index in [4.69, 9.17) is 23.2 Å². The molecule has 1 aromatic carbocycles. The number of aromatic nitrogens is 1. The molecule has 72 valence electrons. The molecule has 0 aliphatic heterocycles. The van der Waals surface area contributed by atoms with Crippen molar-refractivity contribution in [3.05, 3.63) is 46.7 Å². The Morgan fingerprint density at radius 1 is 1.07 bits per heavy atom. The molecule has 14 heavy (non-hydrogen) atoms. The minimum absolute atomic E-state index is 0.107. The van der Waals surface area contributed by atoms with Crippen molar-refractivity contribution in [2.75, 3.05) is 0 Å². The van der Waals surface area contributed by atoms with Crippen LogP contribution in [0.4, 0.5) is 0 Å². The summed E-state index contributed by atoms with van der Waals surface area (Å²) < 4.78 is 1.62. The van der Waals surface area contributed by atoms with Crippen LogP contribution in [0, 0.1) is 0 Å². The number of rotatable bonds is 1. The summed E-state index contributed by atoms with van der Waals surface area (Å²) in [6, 6.07) is 8.46. The van der Waals surface area contributed by atoms with Gasteiger partial charge in [-0.3, -0.25) is 0 Å². The first kappa shape index (κ1) is 9.44. The molecule has 0 unspecified atom stereocenters. The van der Waals surface area contributed by atoms with Crippen molar-refractivity contribution < 1.29 is 5.11 Å². The summed E-state index contributed by atoms with van der Waals surface area (Å²) in [5.74, 6) is 0.107. The highest BCUT2D eigenvalue weighted by Gasteiger charge is 2.09. The lowest BCUT2D eigenvalue weighted by Crippen LogP contribution is -1.93. The van der Waals surface area contributed by atoms with E-state index in [1.807, 2.05) is 0 Å². The summed E-state index contributed by atoms with van der Waals surface area (Å²) in [4.78, 5) is 0. The predicted octanol–water partition coefficient (Wildman–Crippen LogP) is 3.49. The van der Waals surface area contributed by atoms with Gasteiger partial charge in [0, 0.05) is 6.20 Å². The Kier molecular flexibility index (Phi) is 2.40. The fourth-order valence-electron chi connectivity index (χ4n) is 1.28. The van der Waals surface area contributed by atoms with Crippen LogP contribution in [0.2, 0.25) is 10.2 Å². The van der Waals surface area contributed by atoms with E-state index in [9.17, 15) is 5.11 Å². The molecule has 1 heterocycles. The van der Waals surface area contributed by atoms with Gasteiger partial charge >= 0.3 is 0 Å². The van der Waals surface area contributed by atoms with Crippen LogP contribution in [0.5, 0.6) is 5.75 Å². The van der Waals surface area contributed by atoms with Crippen LogP contribution in [0.15, 0.2) is 36.5 Å². The van der Waals surface area contributed by atoms with Crippen LogP contribution in [-0.4, -0.2) is 9.67 Å². The Balaban J connectivity index is 2.68. The molecule has 0 aliphatic rings. The summed E-state index contributed by atoms with van der Waals surface area (Å²) in [5, 5.41) is 10.6. The van der Waals surface area contributed by atoms with Crippen LogP contribution in [-0.2, 0) is 0 Å². The first-order valence-electron chi connectivity index (χ1n) is 4.01. The minimum atomic E-state index is 0.107.